The average Bonchev–Trinajstić information content (AvgIpc) is 3.01. The molecule has 0 bridgehead atoms. The molecule has 2 aliphatic heterocycles. The Balaban J connectivity index is 1.83. The maximum Gasteiger partial charge on any atom is 0.245 e. The number of hydrogen-bond donors (Lipinski definition) is 0. The minimum atomic E-state index is -0.237. The number of carbonyl (C=O) groups excluding carboxylic acids is 2. The molecule has 1 atom stereocenters. The van der Waals surface area contributed by atoms with Gasteiger partial charge in [0.15, 0.2) is 0 Å². The van der Waals surface area contributed by atoms with Crippen LogP contribution < -0.4 is 0 Å². The van der Waals surface area contributed by atoms with Crippen molar-refractivity contribution in [3.05, 3.63) is 0 Å². The first-order valence-electron chi connectivity index (χ1n) is 7.64. The van der Waals surface area contributed by atoms with Crippen molar-refractivity contribution in [2.24, 2.45) is 0 Å². The van der Waals surface area contributed by atoms with E-state index in [0.29, 0.717) is 32.7 Å². The van der Waals surface area contributed by atoms with Gasteiger partial charge >= 0.3 is 0 Å². The van der Waals surface area contributed by atoms with Crippen LogP contribution in [0, 0.1) is 0 Å². The zero-order valence-electron chi connectivity index (χ0n) is 12.6. The first-order chi connectivity index (χ1) is 10.2. The minimum Gasteiger partial charge on any atom is -0.378 e. The van der Waals surface area contributed by atoms with Crippen LogP contribution in [0.1, 0.15) is 26.2 Å². The summed E-state index contributed by atoms with van der Waals surface area (Å²) in [4.78, 5) is 28.5. The third-order valence-corrected chi connectivity index (χ3v) is 6.26. The summed E-state index contributed by atoms with van der Waals surface area (Å²) in [5.41, 5.74) is 0. The van der Waals surface area contributed by atoms with Gasteiger partial charge in [0.05, 0.1) is 13.2 Å². The first kappa shape index (κ1) is 17.0. The number of amides is 2. The summed E-state index contributed by atoms with van der Waals surface area (Å²) in [5, 5.41) is 0. The Hall–Kier alpha value is -0.400. The SMILES string of the molecule is CCSSCCC(=O)N1CCC[C@H]1C(=O)N1CCOCC1. The molecule has 2 rings (SSSR count). The van der Waals surface area contributed by atoms with Crippen molar-refractivity contribution in [3.8, 4) is 0 Å². The Morgan fingerprint density at radius 1 is 1.19 bits per heavy atom. The lowest BCUT2D eigenvalue weighted by Crippen LogP contribution is -2.51. The summed E-state index contributed by atoms with van der Waals surface area (Å²) in [6, 6.07) is -0.237. The van der Waals surface area contributed by atoms with Gasteiger partial charge in [-0.15, -0.1) is 0 Å². The summed E-state index contributed by atoms with van der Waals surface area (Å²) in [6.45, 7) is 5.36. The number of morpholine rings is 1. The van der Waals surface area contributed by atoms with Crippen LogP contribution in [0.4, 0.5) is 0 Å². The van der Waals surface area contributed by atoms with Gasteiger partial charge in [0.25, 0.3) is 0 Å². The Kier molecular flexibility index (Phi) is 7.19. The highest BCUT2D eigenvalue weighted by molar-refractivity contribution is 8.76. The molecule has 2 heterocycles. The van der Waals surface area contributed by atoms with Crippen molar-refractivity contribution in [1.29, 1.82) is 0 Å². The van der Waals surface area contributed by atoms with E-state index < -0.39 is 0 Å². The number of ether oxygens (including phenoxy) is 1. The smallest absolute Gasteiger partial charge is 0.245 e. The van der Waals surface area contributed by atoms with Crippen molar-refractivity contribution in [2.75, 3.05) is 44.4 Å². The Morgan fingerprint density at radius 2 is 1.95 bits per heavy atom. The number of rotatable bonds is 6. The second-order valence-corrected chi connectivity index (χ2v) is 8.03. The monoisotopic (exact) mass is 332 g/mol. The molecule has 0 radical (unpaired) electrons. The summed E-state index contributed by atoms with van der Waals surface area (Å²) in [7, 11) is 3.51. The van der Waals surface area contributed by atoms with Crippen molar-refractivity contribution in [3.63, 3.8) is 0 Å². The van der Waals surface area contributed by atoms with Gasteiger partial charge in [0, 0.05) is 37.6 Å². The summed E-state index contributed by atoms with van der Waals surface area (Å²) in [6.07, 6.45) is 2.27. The van der Waals surface area contributed by atoms with E-state index >= 15 is 0 Å². The van der Waals surface area contributed by atoms with E-state index in [-0.39, 0.29) is 17.9 Å². The third kappa shape index (κ3) is 4.79. The van der Waals surface area contributed by atoms with Crippen molar-refractivity contribution < 1.29 is 14.3 Å². The molecular weight excluding hydrogens is 308 g/mol. The summed E-state index contributed by atoms with van der Waals surface area (Å²) >= 11 is 0. The van der Waals surface area contributed by atoms with Crippen LogP contribution in [-0.4, -0.2) is 72.0 Å². The zero-order valence-corrected chi connectivity index (χ0v) is 14.2. The maximum atomic E-state index is 12.6. The Morgan fingerprint density at radius 3 is 2.67 bits per heavy atom. The van der Waals surface area contributed by atoms with Crippen LogP contribution in [0.15, 0.2) is 0 Å². The molecule has 0 aromatic rings. The van der Waals surface area contributed by atoms with Crippen LogP contribution in [0.5, 0.6) is 0 Å². The molecule has 2 saturated heterocycles. The molecule has 0 aliphatic carbocycles. The molecule has 5 nitrogen and oxygen atoms in total. The van der Waals surface area contributed by atoms with Crippen LogP contribution in [-0.2, 0) is 14.3 Å². The number of hydrogen-bond acceptors (Lipinski definition) is 5. The maximum absolute atomic E-state index is 12.6. The second-order valence-electron chi connectivity index (χ2n) is 5.16. The highest BCUT2D eigenvalue weighted by Crippen LogP contribution is 2.24. The average molecular weight is 332 g/mol. The quantitative estimate of drug-likeness (QED) is 0.546. The van der Waals surface area contributed by atoms with Crippen molar-refractivity contribution in [1.82, 2.24) is 9.80 Å². The lowest BCUT2D eigenvalue weighted by molar-refractivity contribution is -0.146. The highest BCUT2D eigenvalue weighted by Gasteiger charge is 2.36. The standard InChI is InChI=1S/C14H24N2O3S2/c1-2-20-21-11-5-13(17)16-6-3-4-12(16)14(18)15-7-9-19-10-8-15/h12H,2-11H2,1H3/t12-/m0/s1. The van der Waals surface area contributed by atoms with E-state index in [1.165, 1.54) is 0 Å². The molecule has 0 unspecified atom stereocenters. The predicted molar refractivity (Wildman–Crippen MR) is 87.3 cm³/mol. The van der Waals surface area contributed by atoms with E-state index in [1.54, 1.807) is 26.5 Å². The van der Waals surface area contributed by atoms with E-state index in [0.717, 1.165) is 30.9 Å². The lowest BCUT2D eigenvalue weighted by atomic mass is 10.1. The third-order valence-electron chi connectivity index (χ3n) is 3.78. The zero-order chi connectivity index (χ0) is 15.1. The summed E-state index contributed by atoms with van der Waals surface area (Å²) in [5.74, 6) is 2.12. The molecule has 0 aromatic carbocycles. The van der Waals surface area contributed by atoms with Crippen LogP contribution in [0.25, 0.3) is 0 Å². The molecule has 21 heavy (non-hydrogen) atoms. The number of nitrogens with zero attached hydrogens (tertiary/aromatic N) is 2. The van der Waals surface area contributed by atoms with Gasteiger partial charge in [-0.25, -0.2) is 0 Å². The fourth-order valence-electron chi connectivity index (χ4n) is 2.73. The molecule has 0 spiro atoms. The highest BCUT2D eigenvalue weighted by atomic mass is 33.1. The minimum absolute atomic E-state index is 0.111. The van der Waals surface area contributed by atoms with Crippen LogP contribution >= 0.6 is 21.6 Å². The summed E-state index contributed by atoms with van der Waals surface area (Å²) < 4.78 is 5.28. The molecule has 2 fully saturated rings. The second kappa shape index (κ2) is 8.90. The molecule has 0 saturated carbocycles. The van der Waals surface area contributed by atoms with Gasteiger partial charge in [-0.1, -0.05) is 28.5 Å². The molecule has 0 aromatic heterocycles. The van der Waals surface area contributed by atoms with Gasteiger partial charge in [0.2, 0.25) is 11.8 Å². The fraction of sp³-hybridized carbons (Fsp3) is 0.857. The molecule has 0 N–H and O–H groups in total. The van der Waals surface area contributed by atoms with Gasteiger partial charge in [-0.05, 0) is 12.8 Å². The van der Waals surface area contributed by atoms with E-state index in [9.17, 15) is 9.59 Å². The van der Waals surface area contributed by atoms with E-state index in [1.807, 2.05) is 4.90 Å². The van der Waals surface area contributed by atoms with Crippen molar-refractivity contribution >= 4 is 33.4 Å². The molecule has 7 heteroatoms. The molecule has 120 valence electrons. The molecule has 2 aliphatic rings. The fourth-order valence-corrected chi connectivity index (χ4v) is 4.38. The van der Waals surface area contributed by atoms with Gasteiger partial charge in [-0.2, -0.15) is 0 Å². The van der Waals surface area contributed by atoms with Gasteiger partial charge < -0.3 is 14.5 Å². The molecule has 2 amide bonds. The van der Waals surface area contributed by atoms with Crippen LogP contribution in [0.3, 0.4) is 0 Å². The van der Waals surface area contributed by atoms with Gasteiger partial charge in [-0.3, -0.25) is 9.59 Å². The van der Waals surface area contributed by atoms with Crippen LogP contribution in [0.2, 0.25) is 0 Å². The normalized spacial score (nSPS) is 22.6. The van der Waals surface area contributed by atoms with Crippen molar-refractivity contribution in [2.45, 2.75) is 32.2 Å². The van der Waals surface area contributed by atoms with E-state index in [4.69, 9.17) is 4.74 Å². The Labute approximate surface area is 134 Å². The van der Waals surface area contributed by atoms with E-state index in [2.05, 4.69) is 6.92 Å². The van der Waals surface area contributed by atoms with Gasteiger partial charge in [0.1, 0.15) is 6.04 Å². The largest absolute Gasteiger partial charge is 0.378 e. The Bertz CT molecular complexity index is 362. The predicted octanol–water partition coefficient (Wildman–Crippen LogP) is 1.63. The topological polar surface area (TPSA) is 49.9 Å². The molecular formula is C14H24N2O3S2. The number of carbonyl (C=O) groups is 2. The first-order valence-corrected chi connectivity index (χ1v) is 10.1. The number of likely N-dealkylation sites (tertiary alicyclic amines) is 1. The lowest BCUT2D eigenvalue weighted by Gasteiger charge is -2.32.